The second kappa shape index (κ2) is 6.53. The summed E-state index contributed by atoms with van der Waals surface area (Å²) in [4.78, 5) is 0. The van der Waals surface area contributed by atoms with Crippen molar-refractivity contribution in [3.8, 4) is 5.75 Å². The van der Waals surface area contributed by atoms with Gasteiger partial charge < -0.3 is 9.84 Å². The first-order chi connectivity index (χ1) is 13.1. The van der Waals surface area contributed by atoms with Crippen LogP contribution in [0.1, 0.15) is 49.3 Å². The molecule has 0 aromatic heterocycles. The van der Waals surface area contributed by atoms with Crippen molar-refractivity contribution < 1.29 is 9.84 Å². The number of fused-ring (bicyclic) bond motifs is 5. The molecule has 2 aromatic carbocycles. The van der Waals surface area contributed by atoms with Crippen LogP contribution in [0.5, 0.6) is 5.75 Å². The Kier molecular flexibility index (Phi) is 4.12. The van der Waals surface area contributed by atoms with E-state index in [2.05, 4.69) is 55.5 Å². The minimum atomic E-state index is -0.129. The molecule has 0 saturated heterocycles. The monoisotopic (exact) mass is 360 g/mol. The molecule has 4 atom stereocenters. The number of hydrogen-bond donors (Lipinski definition) is 1. The number of ether oxygens (including phenoxy) is 1. The van der Waals surface area contributed by atoms with E-state index in [1.54, 1.807) is 0 Å². The topological polar surface area (TPSA) is 29.5 Å². The predicted octanol–water partition coefficient (Wildman–Crippen LogP) is 5.39. The molecule has 0 spiro atoms. The zero-order valence-electron chi connectivity index (χ0n) is 16.0. The molecule has 1 saturated carbocycles. The Morgan fingerprint density at radius 3 is 2.78 bits per heavy atom. The quantitative estimate of drug-likeness (QED) is 0.795. The Morgan fingerprint density at radius 2 is 1.93 bits per heavy atom. The summed E-state index contributed by atoms with van der Waals surface area (Å²) in [6, 6.07) is 17.0. The summed E-state index contributed by atoms with van der Waals surface area (Å²) in [5, 5.41) is 10.5. The van der Waals surface area contributed by atoms with Crippen LogP contribution in [0.15, 0.2) is 54.6 Å². The van der Waals surface area contributed by atoms with Gasteiger partial charge in [-0.25, -0.2) is 0 Å². The first-order valence-corrected chi connectivity index (χ1v) is 10.3. The van der Waals surface area contributed by atoms with Gasteiger partial charge in [-0.15, -0.1) is 0 Å². The van der Waals surface area contributed by atoms with Crippen molar-refractivity contribution in [1.29, 1.82) is 0 Å². The summed E-state index contributed by atoms with van der Waals surface area (Å²) < 4.78 is 6.04. The number of hydrogen-bond acceptors (Lipinski definition) is 2. The van der Waals surface area contributed by atoms with Crippen LogP contribution >= 0.6 is 0 Å². The van der Waals surface area contributed by atoms with Gasteiger partial charge in [0, 0.05) is 5.41 Å². The normalized spacial score (nSPS) is 31.5. The molecule has 3 aliphatic carbocycles. The van der Waals surface area contributed by atoms with Gasteiger partial charge in [-0.1, -0.05) is 49.4 Å². The van der Waals surface area contributed by atoms with E-state index in [0.717, 1.165) is 25.0 Å². The van der Waals surface area contributed by atoms with Gasteiger partial charge in [0.25, 0.3) is 0 Å². The van der Waals surface area contributed by atoms with E-state index < -0.39 is 0 Å². The van der Waals surface area contributed by atoms with Gasteiger partial charge in [-0.05, 0) is 78.3 Å². The summed E-state index contributed by atoms with van der Waals surface area (Å²) in [6.07, 6.45) is 7.77. The zero-order valence-corrected chi connectivity index (χ0v) is 16.0. The molecule has 1 N–H and O–H groups in total. The van der Waals surface area contributed by atoms with Crippen LogP contribution in [0, 0.1) is 17.3 Å². The van der Waals surface area contributed by atoms with Gasteiger partial charge in [-0.2, -0.15) is 0 Å². The Bertz CT molecular complexity index is 869. The van der Waals surface area contributed by atoms with Gasteiger partial charge in [-0.3, -0.25) is 0 Å². The molecule has 5 rings (SSSR count). The van der Waals surface area contributed by atoms with Crippen LogP contribution in [-0.4, -0.2) is 11.2 Å². The van der Waals surface area contributed by atoms with Crippen molar-refractivity contribution in [1.82, 2.24) is 0 Å². The summed E-state index contributed by atoms with van der Waals surface area (Å²) in [5.41, 5.74) is 5.66. The minimum absolute atomic E-state index is 0.0877. The van der Waals surface area contributed by atoms with E-state index in [1.807, 2.05) is 6.07 Å². The number of rotatable bonds is 3. The predicted molar refractivity (Wildman–Crippen MR) is 108 cm³/mol. The summed E-state index contributed by atoms with van der Waals surface area (Å²) in [7, 11) is 0. The van der Waals surface area contributed by atoms with Crippen molar-refractivity contribution in [3.63, 3.8) is 0 Å². The van der Waals surface area contributed by atoms with Gasteiger partial charge in [0.15, 0.2) is 0 Å². The maximum Gasteiger partial charge on any atom is 0.120 e. The molecular formula is C25H28O2. The summed E-state index contributed by atoms with van der Waals surface area (Å²) in [6.45, 7) is 2.92. The summed E-state index contributed by atoms with van der Waals surface area (Å²) in [5.74, 6) is 2.22. The molecule has 2 heteroatoms. The van der Waals surface area contributed by atoms with Crippen LogP contribution in [0.2, 0.25) is 0 Å². The molecule has 2 aromatic rings. The van der Waals surface area contributed by atoms with Crippen molar-refractivity contribution >= 4 is 5.57 Å². The maximum atomic E-state index is 10.5. The fraction of sp³-hybridized carbons (Fsp3) is 0.440. The van der Waals surface area contributed by atoms with Crippen LogP contribution in [-0.2, 0) is 13.0 Å². The van der Waals surface area contributed by atoms with E-state index in [4.69, 9.17) is 4.74 Å². The molecular weight excluding hydrogens is 332 g/mol. The van der Waals surface area contributed by atoms with E-state index in [0.29, 0.717) is 18.4 Å². The smallest absolute Gasteiger partial charge is 0.120 e. The van der Waals surface area contributed by atoms with Crippen molar-refractivity contribution in [2.75, 3.05) is 0 Å². The van der Waals surface area contributed by atoms with Crippen molar-refractivity contribution in [2.45, 2.75) is 51.7 Å². The van der Waals surface area contributed by atoms with E-state index >= 15 is 0 Å². The van der Waals surface area contributed by atoms with E-state index in [-0.39, 0.29) is 11.5 Å². The highest BCUT2D eigenvalue weighted by Crippen LogP contribution is 2.58. The van der Waals surface area contributed by atoms with E-state index in [1.165, 1.54) is 35.1 Å². The lowest BCUT2D eigenvalue weighted by molar-refractivity contribution is 0.0251. The average molecular weight is 360 g/mol. The van der Waals surface area contributed by atoms with E-state index in [9.17, 15) is 5.11 Å². The molecule has 3 aliphatic rings. The Hall–Kier alpha value is -2.06. The number of aliphatic hydroxyl groups excluding tert-OH is 1. The van der Waals surface area contributed by atoms with Gasteiger partial charge in [0.05, 0.1) is 6.10 Å². The lowest BCUT2D eigenvalue weighted by Crippen LogP contribution is -2.40. The fourth-order valence-electron chi connectivity index (χ4n) is 5.76. The highest BCUT2D eigenvalue weighted by atomic mass is 16.5. The van der Waals surface area contributed by atoms with Gasteiger partial charge in [0.2, 0.25) is 0 Å². The Labute approximate surface area is 161 Å². The summed E-state index contributed by atoms with van der Waals surface area (Å²) >= 11 is 0. The van der Waals surface area contributed by atoms with Gasteiger partial charge >= 0.3 is 0 Å². The Balaban J connectivity index is 1.39. The third-order valence-corrected chi connectivity index (χ3v) is 7.37. The van der Waals surface area contributed by atoms with Crippen LogP contribution in [0.25, 0.3) is 5.57 Å². The van der Waals surface area contributed by atoms with Crippen molar-refractivity contribution in [2.24, 2.45) is 17.3 Å². The molecule has 140 valence electrons. The molecule has 0 heterocycles. The molecule has 0 amide bonds. The molecule has 1 fully saturated rings. The highest BCUT2D eigenvalue weighted by molar-refractivity contribution is 5.73. The second-order valence-electron chi connectivity index (χ2n) is 8.81. The first-order valence-electron chi connectivity index (χ1n) is 10.3. The first kappa shape index (κ1) is 17.1. The molecule has 27 heavy (non-hydrogen) atoms. The van der Waals surface area contributed by atoms with Crippen LogP contribution in [0.3, 0.4) is 0 Å². The van der Waals surface area contributed by atoms with Crippen LogP contribution < -0.4 is 4.74 Å². The fourth-order valence-corrected chi connectivity index (χ4v) is 5.76. The second-order valence-corrected chi connectivity index (χ2v) is 8.81. The molecule has 0 bridgehead atoms. The molecule has 2 nitrogen and oxygen atoms in total. The third kappa shape index (κ3) is 2.82. The number of allylic oxidation sites excluding steroid dienone is 2. The lowest BCUT2D eigenvalue weighted by Gasteiger charge is -2.45. The zero-order chi connectivity index (χ0) is 18.4. The highest BCUT2D eigenvalue weighted by Gasteiger charge is 2.51. The standard InChI is InChI=1S/C25H28O2/c1-25-14-13-21-20-10-8-19(27-16-17-5-3-2-4-6-17)15-18(20)7-9-22(21)23(25)11-12-24(25)26/h2-6,8,10,13,15,22-24,26H,7,9,11-12,14,16H2,1H3/t22-,23+,24+,25+/m1/s1. The largest absolute Gasteiger partial charge is 0.489 e. The van der Waals surface area contributed by atoms with Gasteiger partial charge in [0.1, 0.15) is 12.4 Å². The molecule has 0 unspecified atom stereocenters. The average Bonchev–Trinajstić information content (AvgIpc) is 3.01. The Morgan fingerprint density at radius 1 is 1.07 bits per heavy atom. The molecule has 0 aliphatic heterocycles. The lowest BCUT2D eigenvalue weighted by atomic mass is 9.60. The number of aliphatic hydroxyl groups is 1. The number of benzene rings is 2. The van der Waals surface area contributed by atoms with Crippen molar-refractivity contribution in [3.05, 3.63) is 71.3 Å². The molecule has 0 radical (unpaired) electrons. The van der Waals surface area contributed by atoms with Crippen LogP contribution in [0.4, 0.5) is 0 Å². The maximum absolute atomic E-state index is 10.5. The minimum Gasteiger partial charge on any atom is -0.489 e. The third-order valence-electron chi connectivity index (χ3n) is 7.37. The SMILES string of the molecule is C[C@]12CC=C3c4ccc(OCc5ccccc5)cc4CC[C@H]3[C@@H]1CC[C@@H]2O. The number of aryl methyl sites for hydroxylation is 1.